The van der Waals surface area contributed by atoms with E-state index in [9.17, 15) is 28.1 Å². The average molecular weight is 462 g/mol. The Morgan fingerprint density at radius 3 is 2.47 bits per heavy atom. The highest BCUT2D eigenvalue weighted by Gasteiger charge is 2.27. The van der Waals surface area contributed by atoms with Gasteiger partial charge in [0.1, 0.15) is 5.69 Å². The molecule has 2 aromatic carbocycles. The van der Waals surface area contributed by atoms with Crippen LogP contribution < -0.4 is 16.2 Å². The minimum Gasteiger partial charge on any atom is -0.379 e. The molecule has 0 radical (unpaired) electrons. The van der Waals surface area contributed by atoms with E-state index in [1.807, 2.05) is 0 Å². The highest BCUT2D eigenvalue weighted by Crippen LogP contribution is 2.23. The van der Waals surface area contributed by atoms with E-state index in [-0.39, 0.29) is 34.8 Å². The number of hydrogen-bond donors (Lipinski definition) is 3. The van der Waals surface area contributed by atoms with E-state index in [0.29, 0.717) is 13.1 Å². The maximum Gasteiger partial charge on any atom is 0.292 e. The summed E-state index contributed by atoms with van der Waals surface area (Å²) < 4.78 is 26.7. The first-order valence-electron chi connectivity index (χ1n) is 9.96. The predicted octanol–water partition coefficient (Wildman–Crippen LogP) is 1.64. The first kappa shape index (κ1) is 23.2. The van der Waals surface area contributed by atoms with Crippen molar-refractivity contribution in [3.63, 3.8) is 0 Å². The van der Waals surface area contributed by atoms with Crippen molar-refractivity contribution in [3.05, 3.63) is 64.2 Å². The quantitative estimate of drug-likeness (QED) is 0.399. The zero-order valence-electron chi connectivity index (χ0n) is 17.1. The fourth-order valence-electron chi connectivity index (χ4n) is 3.23. The molecule has 2 aromatic rings. The van der Waals surface area contributed by atoms with Crippen molar-refractivity contribution in [2.45, 2.75) is 24.2 Å². The van der Waals surface area contributed by atoms with Gasteiger partial charge in [0, 0.05) is 37.7 Å². The third-order valence-electron chi connectivity index (χ3n) is 4.88. The van der Waals surface area contributed by atoms with E-state index in [0.717, 1.165) is 12.8 Å². The van der Waals surface area contributed by atoms with Crippen LogP contribution in [-0.4, -0.2) is 49.1 Å². The Morgan fingerprint density at radius 2 is 1.75 bits per heavy atom. The number of amides is 2. The summed E-state index contributed by atoms with van der Waals surface area (Å²) in [6, 6.07) is 11.7. The Labute approximate surface area is 185 Å². The van der Waals surface area contributed by atoms with Crippen LogP contribution >= 0.6 is 0 Å². The lowest BCUT2D eigenvalue weighted by molar-refractivity contribution is -0.384. The topological polar surface area (TPSA) is 151 Å². The normalized spacial score (nSPS) is 14.0. The number of nitro groups is 1. The van der Waals surface area contributed by atoms with E-state index < -0.39 is 26.8 Å². The van der Waals surface area contributed by atoms with Gasteiger partial charge >= 0.3 is 0 Å². The lowest BCUT2D eigenvalue weighted by Gasteiger charge is -2.16. The van der Waals surface area contributed by atoms with Gasteiger partial charge in [-0.15, -0.1) is 0 Å². The lowest BCUT2D eigenvalue weighted by Crippen LogP contribution is -2.42. The van der Waals surface area contributed by atoms with Crippen molar-refractivity contribution in [2.75, 3.05) is 25.0 Å². The smallest absolute Gasteiger partial charge is 0.292 e. The molecule has 1 aliphatic heterocycles. The Bertz CT molecular complexity index is 1110. The highest BCUT2D eigenvalue weighted by atomic mass is 32.2. The molecule has 11 nitrogen and oxygen atoms in total. The number of benzene rings is 2. The van der Waals surface area contributed by atoms with Crippen molar-refractivity contribution in [2.24, 2.45) is 0 Å². The van der Waals surface area contributed by atoms with Crippen molar-refractivity contribution < 1.29 is 22.9 Å². The molecule has 3 N–H and O–H groups in total. The van der Waals surface area contributed by atoms with Crippen molar-refractivity contribution in [1.29, 1.82) is 0 Å². The number of anilines is 1. The molecule has 12 heteroatoms. The molecule has 2 amide bonds. The predicted molar refractivity (Wildman–Crippen MR) is 116 cm³/mol. The third kappa shape index (κ3) is 5.59. The molecular weight excluding hydrogens is 438 g/mol. The Kier molecular flexibility index (Phi) is 7.38. The molecule has 0 unspecified atom stereocenters. The molecule has 0 saturated carbocycles. The molecule has 1 saturated heterocycles. The monoisotopic (exact) mass is 461 g/mol. The molecule has 0 bridgehead atoms. The Balaban J connectivity index is 1.51. The van der Waals surface area contributed by atoms with Crippen LogP contribution in [0.4, 0.5) is 11.4 Å². The minimum absolute atomic E-state index is 0.0204. The summed E-state index contributed by atoms with van der Waals surface area (Å²) in [7, 11) is -3.66. The summed E-state index contributed by atoms with van der Waals surface area (Å²) in [5.41, 5.74) is 4.75. The summed E-state index contributed by atoms with van der Waals surface area (Å²) in [5, 5.41) is 13.8. The molecule has 0 aliphatic carbocycles. The van der Waals surface area contributed by atoms with Gasteiger partial charge in [-0.3, -0.25) is 30.6 Å². The maximum atomic E-state index is 12.7. The molecule has 32 heavy (non-hydrogen) atoms. The van der Waals surface area contributed by atoms with Gasteiger partial charge in [0.05, 0.1) is 9.82 Å². The van der Waals surface area contributed by atoms with E-state index in [4.69, 9.17) is 0 Å². The zero-order chi connectivity index (χ0) is 23.1. The second kappa shape index (κ2) is 10.2. The van der Waals surface area contributed by atoms with Gasteiger partial charge in [-0.25, -0.2) is 8.42 Å². The molecule has 1 heterocycles. The van der Waals surface area contributed by atoms with Crippen molar-refractivity contribution in [1.82, 2.24) is 15.2 Å². The Morgan fingerprint density at radius 1 is 1.03 bits per heavy atom. The first-order chi connectivity index (χ1) is 15.3. The van der Waals surface area contributed by atoms with Crippen LogP contribution in [0.25, 0.3) is 0 Å². The van der Waals surface area contributed by atoms with E-state index >= 15 is 0 Å². The van der Waals surface area contributed by atoms with E-state index in [2.05, 4.69) is 16.2 Å². The van der Waals surface area contributed by atoms with Crippen LogP contribution in [0, 0.1) is 10.1 Å². The minimum atomic E-state index is -3.66. The van der Waals surface area contributed by atoms with Crippen LogP contribution in [-0.2, 0) is 14.8 Å². The highest BCUT2D eigenvalue weighted by molar-refractivity contribution is 7.89. The van der Waals surface area contributed by atoms with Crippen LogP contribution in [0.5, 0.6) is 0 Å². The standard InChI is InChI=1S/C20H23N5O6S/c26-19(10-11-21-17-8-1-2-9-18(17)25(28)29)22-23-20(27)15-6-5-7-16(14-15)32(30,31)24-12-3-4-13-24/h1-2,5-9,14,21H,3-4,10-13H2,(H,22,26)(H,23,27). The average Bonchev–Trinajstić information content (AvgIpc) is 3.34. The summed E-state index contributed by atoms with van der Waals surface area (Å²) in [6.07, 6.45) is 1.55. The number of carbonyl (C=O) groups is 2. The zero-order valence-corrected chi connectivity index (χ0v) is 17.9. The number of para-hydroxylation sites is 2. The fraction of sp³-hybridized carbons (Fsp3) is 0.300. The number of carbonyl (C=O) groups excluding carboxylic acids is 2. The third-order valence-corrected chi connectivity index (χ3v) is 6.78. The van der Waals surface area contributed by atoms with E-state index in [1.165, 1.54) is 46.8 Å². The number of nitro benzene ring substituents is 1. The van der Waals surface area contributed by atoms with Crippen molar-refractivity contribution in [3.8, 4) is 0 Å². The summed E-state index contributed by atoms with van der Waals surface area (Å²) >= 11 is 0. The second-order valence-corrected chi connectivity index (χ2v) is 9.03. The molecule has 3 rings (SSSR count). The molecule has 1 fully saturated rings. The first-order valence-corrected chi connectivity index (χ1v) is 11.4. The van der Waals surface area contributed by atoms with E-state index in [1.54, 1.807) is 6.07 Å². The summed E-state index contributed by atoms with van der Waals surface area (Å²) in [4.78, 5) is 34.8. The molecule has 170 valence electrons. The van der Waals surface area contributed by atoms with Gasteiger partial charge < -0.3 is 5.32 Å². The lowest BCUT2D eigenvalue weighted by atomic mass is 10.2. The Hall–Kier alpha value is -3.51. The van der Waals surface area contributed by atoms with Crippen molar-refractivity contribution >= 4 is 33.2 Å². The SMILES string of the molecule is O=C(CCNc1ccccc1[N+](=O)[O-])NNC(=O)c1cccc(S(=O)(=O)N2CCCC2)c1. The number of nitrogens with one attached hydrogen (secondary N) is 3. The van der Waals surface area contributed by atoms with Crippen LogP contribution in [0.3, 0.4) is 0 Å². The number of sulfonamides is 1. The second-order valence-electron chi connectivity index (χ2n) is 7.09. The molecule has 0 atom stereocenters. The van der Waals surface area contributed by atoms with Gasteiger partial charge in [-0.05, 0) is 37.1 Å². The number of hydrazine groups is 1. The molecule has 1 aliphatic rings. The van der Waals surface area contributed by atoms with Gasteiger partial charge in [0.25, 0.3) is 11.6 Å². The van der Waals surface area contributed by atoms with Gasteiger partial charge in [-0.1, -0.05) is 18.2 Å². The summed E-state index contributed by atoms with van der Waals surface area (Å²) in [6.45, 7) is 1.01. The fourth-order valence-corrected chi connectivity index (χ4v) is 4.79. The molecule has 0 aromatic heterocycles. The van der Waals surface area contributed by atoms with Gasteiger partial charge in [0.2, 0.25) is 15.9 Å². The van der Waals surface area contributed by atoms with Gasteiger partial charge in [-0.2, -0.15) is 4.31 Å². The maximum absolute atomic E-state index is 12.7. The number of nitrogens with zero attached hydrogens (tertiary/aromatic N) is 2. The molecular formula is C20H23N5O6S. The largest absolute Gasteiger partial charge is 0.379 e. The van der Waals surface area contributed by atoms with Gasteiger partial charge in [0.15, 0.2) is 0 Å². The number of hydrogen-bond acceptors (Lipinski definition) is 7. The summed E-state index contributed by atoms with van der Waals surface area (Å²) in [5.74, 6) is -1.19. The molecule has 0 spiro atoms. The number of rotatable bonds is 8. The van der Waals surface area contributed by atoms with Crippen LogP contribution in [0.15, 0.2) is 53.4 Å². The van der Waals surface area contributed by atoms with Crippen LogP contribution in [0.2, 0.25) is 0 Å². The van der Waals surface area contributed by atoms with Crippen LogP contribution in [0.1, 0.15) is 29.6 Å².